The monoisotopic (exact) mass is 388 g/mol. The Kier molecular flexibility index (Phi) is 9.04. The minimum absolute atomic E-state index is 0. The van der Waals surface area contributed by atoms with E-state index in [0.29, 0.717) is 0 Å². The van der Waals surface area contributed by atoms with E-state index in [0.717, 1.165) is 24.5 Å². The number of anilines is 2. The summed E-state index contributed by atoms with van der Waals surface area (Å²) in [5.41, 5.74) is 7.41. The lowest BCUT2D eigenvalue weighted by Gasteiger charge is -2.14. The lowest BCUT2D eigenvalue weighted by molar-refractivity contribution is 1.12. The van der Waals surface area contributed by atoms with Gasteiger partial charge in [-0.2, -0.15) is 0 Å². The number of halogens is 2. The van der Waals surface area contributed by atoms with Crippen LogP contribution >= 0.6 is 24.8 Å². The Morgan fingerprint density at radius 3 is 1.23 bits per heavy atom. The molecule has 3 aromatic rings. The van der Waals surface area contributed by atoms with E-state index in [1.807, 2.05) is 0 Å². The fourth-order valence-electron chi connectivity index (χ4n) is 2.60. The highest BCUT2D eigenvalue weighted by Gasteiger charge is 2.02. The van der Waals surface area contributed by atoms with Crippen molar-refractivity contribution in [1.29, 1.82) is 0 Å². The second-order valence-corrected chi connectivity index (χ2v) is 6.22. The quantitative estimate of drug-likeness (QED) is 0.512. The van der Waals surface area contributed by atoms with Gasteiger partial charge in [0.05, 0.1) is 11.4 Å². The highest BCUT2D eigenvalue weighted by Crippen LogP contribution is 2.22. The van der Waals surface area contributed by atoms with E-state index in [1.165, 1.54) is 22.3 Å². The second kappa shape index (κ2) is 10.7. The first-order valence-electron chi connectivity index (χ1n) is 8.38. The Morgan fingerprint density at radius 2 is 0.885 bits per heavy atom. The van der Waals surface area contributed by atoms with Crippen LogP contribution in [0.15, 0.2) is 72.8 Å². The lowest BCUT2D eigenvalue weighted by atomic mass is 10.1. The molecule has 4 heteroatoms. The van der Waals surface area contributed by atoms with Crippen LogP contribution in [0.5, 0.6) is 0 Å². The van der Waals surface area contributed by atoms with Crippen LogP contribution in [0.4, 0.5) is 11.4 Å². The van der Waals surface area contributed by atoms with Gasteiger partial charge in [0.2, 0.25) is 0 Å². The van der Waals surface area contributed by atoms with Crippen molar-refractivity contribution < 1.29 is 0 Å². The van der Waals surface area contributed by atoms with E-state index in [2.05, 4.69) is 97.3 Å². The summed E-state index contributed by atoms with van der Waals surface area (Å²) < 4.78 is 0. The van der Waals surface area contributed by atoms with E-state index < -0.39 is 0 Å². The van der Waals surface area contributed by atoms with Crippen LogP contribution in [-0.4, -0.2) is 0 Å². The molecule has 0 aliphatic heterocycles. The zero-order valence-corrected chi connectivity index (χ0v) is 16.8. The third-order valence-electron chi connectivity index (χ3n) is 4.13. The topological polar surface area (TPSA) is 24.1 Å². The van der Waals surface area contributed by atoms with Crippen LogP contribution in [0.2, 0.25) is 0 Å². The van der Waals surface area contributed by atoms with Crippen LogP contribution in [0.1, 0.15) is 22.3 Å². The van der Waals surface area contributed by atoms with Crippen molar-refractivity contribution in [1.82, 2.24) is 0 Å². The van der Waals surface area contributed by atoms with Gasteiger partial charge in [0.15, 0.2) is 0 Å². The molecule has 0 fully saturated rings. The van der Waals surface area contributed by atoms with E-state index in [9.17, 15) is 0 Å². The Morgan fingerprint density at radius 1 is 0.538 bits per heavy atom. The van der Waals surface area contributed by atoms with Crippen molar-refractivity contribution in [3.63, 3.8) is 0 Å². The molecule has 3 aromatic carbocycles. The van der Waals surface area contributed by atoms with Crippen molar-refractivity contribution in [2.75, 3.05) is 10.6 Å². The van der Waals surface area contributed by atoms with Gasteiger partial charge in [-0.3, -0.25) is 0 Å². The summed E-state index contributed by atoms with van der Waals surface area (Å²) in [6, 6.07) is 25.7. The van der Waals surface area contributed by atoms with Crippen LogP contribution in [0.25, 0.3) is 0 Å². The minimum atomic E-state index is 0. The van der Waals surface area contributed by atoms with Crippen LogP contribution in [0.3, 0.4) is 0 Å². The predicted molar refractivity (Wildman–Crippen MR) is 118 cm³/mol. The molecule has 0 saturated heterocycles. The van der Waals surface area contributed by atoms with E-state index in [1.54, 1.807) is 0 Å². The molecule has 0 aliphatic rings. The number of hydrogen-bond acceptors (Lipinski definition) is 2. The summed E-state index contributed by atoms with van der Waals surface area (Å²) >= 11 is 0. The Labute approximate surface area is 168 Å². The summed E-state index contributed by atoms with van der Waals surface area (Å²) in [5.74, 6) is 0. The van der Waals surface area contributed by atoms with Gasteiger partial charge < -0.3 is 10.6 Å². The maximum Gasteiger partial charge on any atom is 0.0578 e. The fraction of sp³-hybridized carbons (Fsp3) is 0.182. The van der Waals surface area contributed by atoms with E-state index >= 15 is 0 Å². The van der Waals surface area contributed by atoms with E-state index in [4.69, 9.17) is 0 Å². The third-order valence-corrected chi connectivity index (χ3v) is 4.13. The molecule has 2 N–H and O–H groups in total. The van der Waals surface area contributed by atoms with Gasteiger partial charge in [-0.15, -0.1) is 24.8 Å². The Bertz CT molecular complexity index is 715. The van der Waals surface area contributed by atoms with Crippen LogP contribution in [0, 0.1) is 13.8 Å². The van der Waals surface area contributed by atoms with Gasteiger partial charge in [0.1, 0.15) is 0 Å². The molecule has 26 heavy (non-hydrogen) atoms. The molecule has 0 aromatic heterocycles. The molecule has 3 rings (SSSR count). The smallest absolute Gasteiger partial charge is 0.0578 e. The summed E-state index contributed by atoms with van der Waals surface area (Å²) in [6.07, 6.45) is 0. The van der Waals surface area contributed by atoms with Crippen molar-refractivity contribution >= 4 is 36.2 Å². The second-order valence-electron chi connectivity index (χ2n) is 6.22. The molecule has 0 spiro atoms. The molecule has 0 heterocycles. The maximum absolute atomic E-state index is 3.53. The number of nitrogens with one attached hydrogen (secondary N) is 2. The molecule has 0 saturated carbocycles. The molecule has 138 valence electrons. The van der Waals surface area contributed by atoms with Crippen LogP contribution in [-0.2, 0) is 13.1 Å². The number of rotatable bonds is 6. The first-order valence-corrected chi connectivity index (χ1v) is 8.38. The molecular weight excluding hydrogens is 363 g/mol. The largest absolute Gasteiger partial charge is 0.379 e. The van der Waals surface area contributed by atoms with E-state index in [-0.39, 0.29) is 24.8 Å². The highest BCUT2D eigenvalue weighted by atomic mass is 35.5. The first-order chi connectivity index (χ1) is 11.7. The van der Waals surface area contributed by atoms with Crippen molar-refractivity contribution in [2.45, 2.75) is 26.9 Å². The molecule has 0 aliphatic carbocycles. The summed E-state index contributed by atoms with van der Waals surface area (Å²) in [5, 5.41) is 7.06. The van der Waals surface area contributed by atoms with Crippen LogP contribution < -0.4 is 10.6 Å². The molecule has 0 radical (unpaired) electrons. The molecule has 0 amide bonds. The van der Waals surface area contributed by atoms with Gasteiger partial charge >= 0.3 is 0 Å². The fourth-order valence-corrected chi connectivity index (χ4v) is 2.60. The number of hydrogen-bond donors (Lipinski definition) is 2. The zero-order chi connectivity index (χ0) is 16.8. The lowest BCUT2D eigenvalue weighted by Crippen LogP contribution is -2.05. The Hall–Kier alpha value is -2.16. The van der Waals surface area contributed by atoms with Crippen molar-refractivity contribution in [3.05, 3.63) is 95.1 Å². The van der Waals surface area contributed by atoms with Gasteiger partial charge in [-0.1, -0.05) is 71.8 Å². The summed E-state index contributed by atoms with van der Waals surface area (Å²) in [4.78, 5) is 0. The summed E-state index contributed by atoms with van der Waals surface area (Å²) in [7, 11) is 0. The average Bonchev–Trinajstić information content (AvgIpc) is 2.61. The first kappa shape index (κ1) is 21.9. The van der Waals surface area contributed by atoms with Gasteiger partial charge in [0.25, 0.3) is 0 Å². The van der Waals surface area contributed by atoms with Gasteiger partial charge in [-0.05, 0) is 37.1 Å². The third kappa shape index (κ3) is 6.29. The van der Waals surface area contributed by atoms with Gasteiger partial charge in [0, 0.05) is 13.1 Å². The molecule has 2 nitrogen and oxygen atoms in total. The highest BCUT2D eigenvalue weighted by molar-refractivity contribution is 5.85. The Balaban J connectivity index is 0.00000169. The van der Waals surface area contributed by atoms with Crippen molar-refractivity contribution in [2.24, 2.45) is 0 Å². The minimum Gasteiger partial charge on any atom is -0.379 e. The predicted octanol–water partition coefficient (Wildman–Crippen LogP) is 6.37. The molecular formula is C22H26Cl2N2. The van der Waals surface area contributed by atoms with Gasteiger partial charge in [-0.25, -0.2) is 0 Å². The zero-order valence-electron chi connectivity index (χ0n) is 15.2. The number of benzene rings is 3. The molecule has 0 bridgehead atoms. The number of para-hydroxylation sites is 2. The molecule has 0 atom stereocenters. The standard InChI is InChI=1S/C22H24N2.2ClH/c1-17-7-11-19(12-8-17)15-23-21-5-3-4-6-22(21)24-16-20-13-9-18(2)10-14-20;;/h3-14,23-24H,15-16H2,1-2H3;2*1H. The average molecular weight is 389 g/mol. The number of aryl methyl sites for hydroxylation is 2. The van der Waals surface area contributed by atoms with Crippen molar-refractivity contribution in [3.8, 4) is 0 Å². The normalized spacial score (nSPS) is 9.62. The molecule has 0 unspecified atom stereocenters. The summed E-state index contributed by atoms with van der Waals surface area (Å²) in [6.45, 7) is 5.87. The SMILES string of the molecule is Cc1ccc(CNc2ccccc2NCc2ccc(C)cc2)cc1.Cl.Cl. The maximum atomic E-state index is 3.53.